The number of hydrogen-bond donors (Lipinski definition) is 1. The monoisotopic (exact) mass is 511 g/mol. The number of alkyl halides is 3. The van der Waals surface area contributed by atoms with Gasteiger partial charge in [0.25, 0.3) is 5.91 Å². The number of aromatic hydroxyl groups is 1. The molecule has 182 valence electrons. The van der Waals surface area contributed by atoms with Gasteiger partial charge in [0.1, 0.15) is 17.5 Å². The Labute approximate surface area is 208 Å². The maximum absolute atomic E-state index is 13.4. The zero-order valence-electron chi connectivity index (χ0n) is 18.7. The standard InChI is InChI=1S/C25H17ClF3N5O2/c1-33-23(25(27,28)29)10-21(32-33)20-7-6-19(9-22(20)35)34(14-15-2-4-18(26)5-3-15)24(36)17-8-16(11-30)12-31-13-17/h2-10,12-13,35H,14H2,1H3. The third kappa shape index (κ3) is 5.16. The molecule has 7 nitrogen and oxygen atoms in total. The number of rotatable bonds is 5. The molecular weight excluding hydrogens is 495 g/mol. The van der Waals surface area contributed by atoms with Crippen LogP contribution >= 0.6 is 11.6 Å². The number of carbonyl (C=O) groups excluding carboxylic acids is 1. The average Bonchev–Trinajstić information content (AvgIpc) is 3.25. The minimum atomic E-state index is -4.61. The van der Waals surface area contributed by atoms with Gasteiger partial charge in [0.15, 0.2) is 0 Å². The van der Waals surface area contributed by atoms with Gasteiger partial charge in [-0.25, -0.2) is 0 Å². The quantitative estimate of drug-likeness (QED) is 0.377. The van der Waals surface area contributed by atoms with E-state index in [1.54, 1.807) is 24.3 Å². The summed E-state index contributed by atoms with van der Waals surface area (Å²) in [4.78, 5) is 18.7. The van der Waals surface area contributed by atoms with Gasteiger partial charge in [0, 0.05) is 41.8 Å². The zero-order valence-corrected chi connectivity index (χ0v) is 19.4. The van der Waals surface area contributed by atoms with Crippen molar-refractivity contribution in [2.24, 2.45) is 7.05 Å². The summed E-state index contributed by atoms with van der Waals surface area (Å²) in [7, 11) is 1.16. The number of amides is 1. The first-order valence-corrected chi connectivity index (χ1v) is 10.8. The highest BCUT2D eigenvalue weighted by atomic mass is 35.5. The number of aromatic nitrogens is 3. The maximum Gasteiger partial charge on any atom is 0.433 e. The summed E-state index contributed by atoms with van der Waals surface area (Å²) in [6.45, 7) is 0.0768. The Kier molecular flexibility index (Phi) is 6.68. The topological polar surface area (TPSA) is 95.0 Å². The molecule has 0 radical (unpaired) electrons. The van der Waals surface area contributed by atoms with E-state index in [1.165, 1.54) is 41.6 Å². The highest BCUT2D eigenvalue weighted by Gasteiger charge is 2.35. The van der Waals surface area contributed by atoms with Gasteiger partial charge < -0.3 is 10.0 Å². The van der Waals surface area contributed by atoms with Crippen LogP contribution < -0.4 is 4.90 Å². The molecular formula is C25H17ClF3N5O2. The first kappa shape index (κ1) is 24.8. The molecule has 2 heterocycles. The lowest BCUT2D eigenvalue weighted by molar-refractivity contribution is -0.143. The van der Waals surface area contributed by atoms with E-state index in [0.717, 1.165) is 18.7 Å². The molecule has 4 rings (SSSR count). The average molecular weight is 512 g/mol. The van der Waals surface area contributed by atoms with Gasteiger partial charge >= 0.3 is 6.18 Å². The third-order valence-corrected chi connectivity index (χ3v) is 5.60. The fraction of sp³-hybridized carbons (Fsp3) is 0.120. The lowest BCUT2D eigenvalue weighted by atomic mass is 10.1. The summed E-state index contributed by atoms with van der Waals surface area (Å²) in [5.74, 6) is -0.865. The van der Waals surface area contributed by atoms with E-state index >= 15 is 0 Å². The zero-order chi connectivity index (χ0) is 26.0. The highest BCUT2D eigenvalue weighted by Crippen LogP contribution is 2.36. The first-order chi connectivity index (χ1) is 17.1. The van der Waals surface area contributed by atoms with Gasteiger partial charge in [0.2, 0.25) is 0 Å². The minimum absolute atomic E-state index is 0.0666. The van der Waals surface area contributed by atoms with Crippen molar-refractivity contribution < 1.29 is 23.1 Å². The molecule has 0 spiro atoms. The van der Waals surface area contributed by atoms with Crippen LogP contribution in [0, 0.1) is 11.3 Å². The number of aryl methyl sites for hydroxylation is 1. The smallest absolute Gasteiger partial charge is 0.433 e. The van der Waals surface area contributed by atoms with Crippen LogP contribution in [0.15, 0.2) is 67.0 Å². The molecule has 1 amide bonds. The lowest BCUT2D eigenvalue weighted by Gasteiger charge is -2.24. The summed E-state index contributed by atoms with van der Waals surface area (Å²) in [5.41, 5.74) is 0.357. The maximum atomic E-state index is 13.4. The van der Waals surface area contributed by atoms with E-state index < -0.39 is 17.8 Å². The first-order valence-electron chi connectivity index (χ1n) is 10.4. The second kappa shape index (κ2) is 9.71. The summed E-state index contributed by atoms with van der Waals surface area (Å²) in [5, 5.41) is 24.2. The second-order valence-electron chi connectivity index (χ2n) is 7.83. The van der Waals surface area contributed by atoms with Crippen LogP contribution in [-0.2, 0) is 19.8 Å². The molecule has 0 fully saturated rings. The Balaban J connectivity index is 1.74. The number of nitrogens with zero attached hydrogens (tertiary/aromatic N) is 5. The summed E-state index contributed by atoms with van der Waals surface area (Å²) >= 11 is 5.96. The minimum Gasteiger partial charge on any atom is -0.507 e. The molecule has 0 aliphatic heterocycles. The van der Waals surface area contributed by atoms with Crippen LogP contribution in [0.2, 0.25) is 5.02 Å². The van der Waals surface area contributed by atoms with Crippen molar-refractivity contribution in [1.29, 1.82) is 5.26 Å². The number of phenolic OH excluding ortho intramolecular Hbond substituents is 1. The summed E-state index contributed by atoms with van der Waals surface area (Å²) < 4.78 is 40.2. The van der Waals surface area contributed by atoms with Crippen molar-refractivity contribution in [2.45, 2.75) is 12.7 Å². The molecule has 0 aliphatic carbocycles. The molecule has 0 unspecified atom stereocenters. The van der Waals surface area contributed by atoms with Gasteiger partial charge in [-0.1, -0.05) is 23.7 Å². The molecule has 0 bridgehead atoms. The third-order valence-electron chi connectivity index (χ3n) is 5.35. The Morgan fingerprint density at radius 1 is 1.14 bits per heavy atom. The van der Waals surface area contributed by atoms with Gasteiger partial charge in [-0.3, -0.25) is 14.5 Å². The van der Waals surface area contributed by atoms with Crippen molar-refractivity contribution in [1.82, 2.24) is 14.8 Å². The van der Waals surface area contributed by atoms with Crippen molar-refractivity contribution in [3.05, 3.63) is 94.4 Å². The van der Waals surface area contributed by atoms with E-state index in [0.29, 0.717) is 9.70 Å². The van der Waals surface area contributed by atoms with Crippen LogP contribution in [0.5, 0.6) is 5.75 Å². The number of benzene rings is 2. The molecule has 2 aromatic heterocycles. The van der Waals surface area contributed by atoms with Crippen molar-refractivity contribution in [3.63, 3.8) is 0 Å². The van der Waals surface area contributed by atoms with Crippen LogP contribution in [0.1, 0.15) is 27.2 Å². The number of phenols is 1. The molecule has 1 N–H and O–H groups in total. The van der Waals surface area contributed by atoms with E-state index in [-0.39, 0.29) is 40.4 Å². The summed E-state index contributed by atoms with van der Waals surface area (Å²) in [6.07, 6.45) is -1.97. The van der Waals surface area contributed by atoms with Crippen LogP contribution in [0.25, 0.3) is 11.3 Å². The predicted octanol–water partition coefficient (Wildman–Crippen LogP) is 5.58. The van der Waals surface area contributed by atoms with Crippen molar-refractivity contribution in [2.75, 3.05) is 4.90 Å². The molecule has 2 aromatic carbocycles. The Hall–Kier alpha value is -4.36. The van der Waals surface area contributed by atoms with Gasteiger partial charge in [-0.05, 0) is 42.0 Å². The van der Waals surface area contributed by atoms with Crippen LogP contribution in [0.4, 0.5) is 18.9 Å². The fourth-order valence-electron chi connectivity index (χ4n) is 3.60. The Bertz CT molecular complexity index is 1480. The number of halogens is 4. The fourth-order valence-corrected chi connectivity index (χ4v) is 3.72. The molecule has 4 aromatic rings. The van der Waals surface area contributed by atoms with Gasteiger partial charge in [-0.15, -0.1) is 0 Å². The van der Waals surface area contributed by atoms with Gasteiger partial charge in [-0.2, -0.15) is 23.5 Å². The molecule has 0 saturated carbocycles. The highest BCUT2D eigenvalue weighted by molar-refractivity contribution is 6.30. The molecule has 36 heavy (non-hydrogen) atoms. The normalized spacial score (nSPS) is 11.2. The van der Waals surface area contributed by atoms with E-state index in [4.69, 9.17) is 16.9 Å². The van der Waals surface area contributed by atoms with E-state index in [9.17, 15) is 23.1 Å². The molecule has 11 heteroatoms. The van der Waals surface area contributed by atoms with Crippen LogP contribution in [-0.4, -0.2) is 25.8 Å². The van der Waals surface area contributed by atoms with Crippen LogP contribution in [0.3, 0.4) is 0 Å². The number of nitriles is 1. The Morgan fingerprint density at radius 3 is 2.47 bits per heavy atom. The summed E-state index contributed by atoms with van der Waals surface area (Å²) in [6, 6.07) is 15.1. The van der Waals surface area contributed by atoms with Gasteiger partial charge in [0.05, 0.1) is 23.4 Å². The molecule has 0 atom stereocenters. The predicted molar refractivity (Wildman–Crippen MR) is 126 cm³/mol. The largest absolute Gasteiger partial charge is 0.507 e. The molecule has 0 saturated heterocycles. The number of hydrogen-bond acceptors (Lipinski definition) is 5. The molecule has 0 aliphatic rings. The van der Waals surface area contributed by atoms with E-state index in [1.807, 2.05) is 6.07 Å². The number of anilines is 1. The van der Waals surface area contributed by atoms with Crippen molar-refractivity contribution >= 4 is 23.2 Å². The number of pyridine rings is 1. The van der Waals surface area contributed by atoms with Crippen molar-refractivity contribution in [3.8, 4) is 23.1 Å². The lowest BCUT2D eigenvalue weighted by Crippen LogP contribution is -2.30. The Morgan fingerprint density at radius 2 is 1.86 bits per heavy atom. The SMILES string of the molecule is Cn1nc(-c2ccc(N(Cc3ccc(Cl)cc3)C(=O)c3cncc(C#N)c3)cc2O)cc1C(F)(F)F. The van der Waals surface area contributed by atoms with E-state index in [2.05, 4.69) is 10.1 Å². The second-order valence-corrected chi connectivity index (χ2v) is 8.27. The number of carbonyl (C=O) groups is 1.